The number of para-hydroxylation sites is 1. The Morgan fingerprint density at radius 1 is 1.30 bits per heavy atom. The summed E-state index contributed by atoms with van der Waals surface area (Å²) in [6, 6.07) is 8.29. The number of hydrogen-bond acceptors (Lipinski definition) is 2. The van der Waals surface area contributed by atoms with Crippen molar-refractivity contribution in [2.45, 2.75) is 37.6 Å². The van der Waals surface area contributed by atoms with E-state index >= 15 is 0 Å². The lowest BCUT2D eigenvalue weighted by Crippen LogP contribution is -2.47. The fraction of sp³-hybridized carbons (Fsp3) is 0.562. The summed E-state index contributed by atoms with van der Waals surface area (Å²) >= 11 is 5.89. The SMILES string of the molecule is O=C(C1CCOc2ccccc21)N(CCCl)C1CCC1. The van der Waals surface area contributed by atoms with E-state index < -0.39 is 0 Å². The van der Waals surface area contributed by atoms with Gasteiger partial charge in [0, 0.05) is 24.0 Å². The van der Waals surface area contributed by atoms with Gasteiger partial charge in [-0.2, -0.15) is 0 Å². The van der Waals surface area contributed by atoms with Crippen LogP contribution in [0.3, 0.4) is 0 Å². The van der Waals surface area contributed by atoms with Crippen LogP contribution in [0, 0.1) is 0 Å². The Morgan fingerprint density at radius 2 is 2.10 bits per heavy atom. The molecular formula is C16H20ClNO2. The summed E-state index contributed by atoms with van der Waals surface area (Å²) in [6.07, 6.45) is 4.23. The van der Waals surface area contributed by atoms with Crippen LogP contribution in [0.4, 0.5) is 0 Å². The Morgan fingerprint density at radius 3 is 2.80 bits per heavy atom. The molecule has 1 heterocycles. The van der Waals surface area contributed by atoms with Crippen LogP contribution >= 0.6 is 11.6 Å². The Bertz CT molecular complexity index is 487. The van der Waals surface area contributed by atoms with E-state index in [0.29, 0.717) is 25.1 Å². The van der Waals surface area contributed by atoms with E-state index in [2.05, 4.69) is 0 Å². The number of halogens is 1. The lowest BCUT2D eigenvalue weighted by atomic mass is 9.87. The van der Waals surface area contributed by atoms with Crippen molar-refractivity contribution in [3.63, 3.8) is 0 Å². The molecule has 1 amide bonds. The monoisotopic (exact) mass is 293 g/mol. The largest absolute Gasteiger partial charge is 0.493 e. The lowest BCUT2D eigenvalue weighted by molar-refractivity contribution is -0.137. The van der Waals surface area contributed by atoms with Gasteiger partial charge in [0.15, 0.2) is 0 Å². The van der Waals surface area contributed by atoms with Gasteiger partial charge in [-0.1, -0.05) is 18.2 Å². The molecule has 1 aromatic rings. The molecule has 1 atom stereocenters. The van der Waals surface area contributed by atoms with Crippen LogP contribution in [0.2, 0.25) is 0 Å². The van der Waals surface area contributed by atoms with Gasteiger partial charge in [0.05, 0.1) is 12.5 Å². The third-order valence-electron chi connectivity index (χ3n) is 4.38. The molecule has 1 aliphatic heterocycles. The number of ether oxygens (including phenoxy) is 1. The van der Waals surface area contributed by atoms with E-state index in [1.165, 1.54) is 6.42 Å². The summed E-state index contributed by atoms with van der Waals surface area (Å²) in [6.45, 7) is 1.28. The van der Waals surface area contributed by atoms with E-state index in [4.69, 9.17) is 16.3 Å². The van der Waals surface area contributed by atoms with Crippen molar-refractivity contribution in [1.29, 1.82) is 0 Å². The van der Waals surface area contributed by atoms with Gasteiger partial charge >= 0.3 is 0 Å². The average molecular weight is 294 g/mol. The predicted molar refractivity (Wildman–Crippen MR) is 79.4 cm³/mol. The van der Waals surface area contributed by atoms with Gasteiger partial charge in [0.25, 0.3) is 0 Å². The molecule has 1 unspecified atom stereocenters. The molecule has 108 valence electrons. The molecule has 1 aromatic carbocycles. The molecule has 4 heteroatoms. The highest BCUT2D eigenvalue weighted by atomic mass is 35.5. The normalized spacial score (nSPS) is 21.6. The summed E-state index contributed by atoms with van der Waals surface area (Å²) in [5.41, 5.74) is 1.03. The molecule has 20 heavy (non-hydrogen) atoms. The highest BCUT2D eigenvalue weighted by Gasteiger charge is 2.35. The molecule has 2 aliphatic rings. The quantitative estimate of drug-likeness (QED) is 0.798. The van der Waals surface area contributed by atoms with E-state index in [-0.39, 0.29) is 11.8 Å². The molecule has 0 spiro atoms. The van der Waals surface area contributed by atoms with Crippen molar-refractivity contribution in [3.05, 3.63) is 29.8 Å². The molecular weight excluding hydrogens is 274 g/mol. The molecule has 1 saturated carbocycles. The summed E-state index contributed by atoms with van der Waals surface area (Å²) < 4.78 is 5.65. The Kier molecular flexibility index (Phi) is 4.16. The first-order valence-electron chi connectivity index (χ1n) is 7.39. The minimum atomic E-state index is -0.0660. The summed E-state index contributed by atoms with van der Waals surface area (Å²) in [5.74, 6) is 1.53. The van der Waals surface area contributed by atoms with Crippen molar-refractivity contribution in [1.82, 2.24) is 4.90 Å². The summed E-state index contributed by atoms with van der Waals surface area (Å²) in [5, 5.41) is 0. The van der Waals surface area contributed by atoms with Crippen LogP contribution in [0.15, 0.2) is 24.3 Å². The fourth-order valence-electron chi connectivity index (χ4n) is 3.06. The van der Waals surface area contributed by atoms with Crippen molar-refractivity contribution >= 4 is 17.5 Å². The van der Waals surface area contributed by atoms with Gasteiger partial charge < -0.3 is 9.64 Å². The van der Waals surface area contributed by atoms with Gasteiger partial charge in [-0.05, 0) is 31.7 Å². The van der Waals surface area contributed by atoms with Crippen molar-refractivity contribution in [2.75, 3.05) is 19.0 Å². The Balaban J connectivity index is 1.82. The first kappa shape index (κ1) is 13.7. The minimum absolute atomic E-state index is 0.0660. The summed E-state index contributed by atoms with van der Waals surface area (Å²) in [4.78, 5) is 14.9. The molecule has 3 rings (SSSR count). The van der Waals surface area contributed by atoms with Crippen molar-refractivity contribution in [3.8, 4) is 5.75 Å². The van der Waals surface area contributed by atoms with Crippen LogP contribution in [0.1, 0.15) is 37.2 Å². The number of rotatable bonds is 4. The molecule has 0 aromatic heterocycles. The smallest absolute Gasteiger partial charge is 0.230 e. The van der Waals surface area contributed by atoms with Crippen LogP contribution < -0.4 is 4.74 Å². The topological polar surface area (TPSA) is 29.5 Å². The maximum absolute atomic E-state index is 12.9. The Hall–Kier alpha value is -1.22. The molecule has 1 fully saturated rings. The van der Waals surface area contributed by atoms with E-state index in [0.717, 1.165) is 30.6 Å². The van der Waals surface area contributed by atoms with Crippen molar-refractivity contribution in [2.24, 2.45) is 0 Å². The van der Waals surface area contributed by atoms with E-state index in [9.17, 15) is 4.79 Å². The third kappa shape index (κ3) is 2.51. The highest BCUT2D eigenvalue weighted by molar-refractivity contribution is 6.18. The molecule has 0 bridgehead atoms. The third-order valence-corrected chi connectivity index (χ3v) is 4.55. The number of alkyl halides is 1. The number of amides is 1. The number of fused-ring (bicyclic) bond motifs is 1. The summed E-state index contributed by atoms with van der Waals surface area (Å²) in [7, 11) is 0. The second-order valence-corrected chi connectivity index (χ2v) is 5.91. The minimum Gasteiger partial charge on any atom is -0.493 e. The zero-order valence-corrected chi connectivity index (χ0v) is 12.3. The lowest BCUT2D eigenvalue weighted by Gasteiger charge is -2.40. The number of nitrogens with zero attached hydrogens (tertiary/aromatic N) is 1. The zero-order valence-electron chi connectivity index (χ0n) is 11.6. The molecule has 3 nitrogen and oxygen atoms in total. The van der Waals surface area contributed by atoms with Gasteiger partial charge in [0.2, 0.25) is 5.91 Å². The zero-order chi connectivity index (χ0) is 13.9. The maximum atomic E-state index is 12.9. The molecule has 0 saturated heterocycles. The number of carbonyl (C=O) groups is 1. The van der Waals surface area contributed by atoms with Crippen molar-refractivity contribution < 1.29 is 9.53 Å². The van der Waals surface area contributed by atoms with Gasteiger partial charge in [-0.15, -0.1) is 11.6 Å². The number of benzene rings is 1. The molecule has 0 N–H and O–H groups in total. The van der Waals surface area contributed by atoms with E-state index in [1.807, 2.05) is 29.2 Å². The first-order chi connectivity index (χ1) is 9.81. The van der Waals surface area contributed by atoms with Gasteiger partial charge in [0.1, 0.15) is 5.75 Å². The fourth-order valence-corrected chi connectivity index (χ4v) is 3.24. The highest BCUT2D eigenvalue weighted by Crippen LogP contribution is 2.36. The predicted octanol–water partition coefficient (Wildman–Crippen LogP) is 3.17. The molecule has 0 radical (unpaired) electrons. The van der Waals surface area contributed by atoms with Gasteiger partial charge in [-0.25, -0.2) is 0 Å². The average Bonchev–Trinajstić information content (AvgIpc) is 2.43. The molecule has 1 aliphatic carbocycles. The number of hydrogen-bond donors (Lipinski definition) is 0. The van der Waals surface area contributed by atoms with E-state index in [1.54, 1.807) is 0 Å². The number of carbonyl (C=O) groups excluding carboxylic acids is 1. The van der Waals surface area contributed by atoms with Crippen LogP contribution in [-0.4, -0.2) is 35.9 Å². The maximum Gasteiger partial charge on any atom is 0.230 e. The second-order valence-electron chi connectivity index (χ2n) is 5.53. The Labute approximate surface area is 124 Å². The van der Waals surface area contributed by atoms with Crippen LogP contribution in [-0.2, 0) is 4.79 Å². The second kappa shape index (κ2) is 6.04. The van der Waals surface area contributed by atoms with Crippen LogP contribution in [0.25, 0.3) is 0 Å². The standard InChI is InChI=1S/C16H20ClNO2/c17-9-10-18(12-4-3-5-12)16(19)14-8-11-20-15-7-2-1-6-13(14)15/h1-2,6-7,12,14H,3-5,8-11H2. The first-order valence-corrected chi connectivity index (χ1v) is 7.93. The van der Waals surface area contributed by atoms with Crippen LogP contribution in [0.5, 0.6) is 5.75 Å². The van der Waals surface area contributed by atoms with Gasteiger partial charge in [-0.3, -0.25) is 4.79 Å².